The number of hydrogen-bond acceptors (Lipinski definition) is 3. The van der Waals surface area contributed by atoms with Crippen molar-refractivity contribution in [3.8, 4) is 0 Å². The highest BCUT2D eigenvalue weighted by Gasteiger charge is 2.75. The van der Waals surface area contributed by atoms with Crippen LogP contribution in [0.3, 0.4) is 0 Å². The van der Waals surface area contributed by atoms with Crippen molar-refractivity contribution in [1.29, 1.82) is 0 Å². The molecule has 3 heterocycles. The van der Waals surface area contributed by atoms with Crippen molar-refractivity contribution >= 4 is 0 Å². The van der Waals surface area contributed by atoms with Crippen LogP contribution in [0.2, 0.25) is 0 Å². The van der Waals surface area contributed by atoms with E-state index in [1.54, 1.807) is 0 Å². The molecule has 8 heavy (non-hydrogen) atoms. The van der Waals surface area contributed by atoms with Gasteiger partial charge in [-0.05, 0) is 6.92 Å². The molecule has 3 aliphatic heterocycles. The molecule has 0 saturated carbocycles. The lowest BCUT2D eigenvalue weighted by molar-refractivity contribution is -0.0745. The van der Waals surface area contributed by atoms with E-state index in [4.69, 9.17) is 14.2 Å². The molecule has 0 spiro atoms. The standard InChI is InChI=1S/C5H6O3/c1-5-3(7-5)2-4(6-2)8-5/h2-4H,1H3. The summed E-state index contributed by atoms with van der Waals surface area (Å²) in [5.74, 6) is -0.242. The molecule has 3 fully saturated rings. The molecule has 0 aromatic rings. The molecule has 3 heteroatoms. The summed E-state index contributed by atoms with van der Waals surface area (Å²) in [6.07, 6.45) is 0.617. The van der Waals surface area contributed by atoms with E-state index in [0.29, 0.717) is 0 Å². The third-order valence-electron chi connectivity index (χ3n) is 1.95. The average molecular weight is 114 g/mol. The number of fused-ring (bicyclic) bond motifs is 3. The van der Waals surface area contributed by atoms with E-state index in [9.17, 15) is 0 Å². The van der Waals surface area contributed by atoms with Gasteiger partial charge in [-0.1, -0.05) is 0 Å². The smallest absolute Gasteiger partial charge is 0.198 e. The fraction of sp³-hybridized carbons (Fsp3) is 1.00. The molecular weight excluding hydrogens is 108 g/mol. The van der Waals surface area contributed by atoms with Crippen LogP contribution in [0.5, 0.6) is 0 Å². The van der Waals surface area contributed by atoms with Gasteiger partial charge in [0.2, 0.25) is 0 Å². The number of ether oxygens (including phenoxy) is 3. The highest BCUT2D eigenvalue weighted by molar-refractivity contribution is 5.10. The molecule has 0 aromatic heterocycles. The van der Waals surface area contributed by atoms with E-state index in [-0.39, 0.29) is 24.3 Å². The Labute approximate surface area is 46.5 Å². The summed E-state index contributed by atoms with van der Waals surface area (Å²) < 4.78 is 15.4. The van der Waals surface area contributed by atoms with Crippen molar-refractivity contribution in [3.63, 3.8) is 0 Å². The number of rotatable bonds is 0. The van der Waals surface area contributed by atoms with Gasteiger partial charge in [0.15, 0.2) is 12.1 Å². The molecule has 0 radical (unpaired) electrons. The second kappa shape index (κ2) is 0.744. The van der Waals surface area contributed by atoms with E-state index >= 15 is 0 Å². The lowest BCUT2D eigenvalue weighted by Gasteiger charge is -1.98. The first-order valence-corrected chi connectivity index (χ1v) is 2.81. The normalized spacial score (nSPS) is 73.9. The van der Waals surface area contributed by atoms with Crippen LogP contribution >= 0.6 is 0 Å². The molecule has 4 atom stereocenters. The first-order chi connectivity index (χ1) is 3.80. The maximum Gasteiger partial charge on any atom is 0.198 e. The van der Waals surface area contributed by atoms with Crippen LogP contribution in [-0.2, 0) is 14.2 Å². The average Bonchev–Trinajstić information content (AvgIpc) is 2.50. The molecule has 3 aliphatic rings. The SMILES string of the molecule is CC12OC3OC3C1O2. The maximum absolute atomic E-state index is 5.25. The Morgan fingerprint density at radius 1 is 1.38 bits per heavy atom. The summed E-state index contributed by atoms with van der Waals surface area (Å²) in [6.45, 7) is 1.95. The van der Waals surface area contributed by atoms with Gasteiger partial charge in [-0.2, -0.15) is 0 Å². The Morgan fingerprint density at radius 3 is 2.62 bits per heavy atom. The second-order valence-electron chi connectivity index (χ2n) is 2.64. The monoisotopic (exact) mass is 114 g/mol. The summed E-state index contributed by atoms with van der Waals surface area (Å²) in [4.78, 5) is 0. The van der Waals surface area contributed by atoms with Crippen molar-refractivity contribution in [3.05, 3.63) is 0 Å². The Balaban J connectivity index is 2.00. The first kappa shape index (κ1) is 3.82. The van der Waals surface area contributed by atoms with Gasteiger partial charge in [0, 0.05) is 0 Å². The molecule has 44 valence electrons. The minimum atomic E-state index is -0.242. The van der Waals surface area contributed by atoms with Crippen molar-refractivity contribution < 1.29 is 14.2 Å². The first-order valence-electron chi connectivity index (χ1n) is 2.81. The third kappa shape index (κ3) is 0.246. The Kier molecular flexibility index (Phi) is 0.355. The van der Waals surface area contributed by atoms with Gasteiger partial charge in [-0.25, -0.2) is 0 Å². The zero-order valence-corrected chi connectivity index (χ0v) is 4.46. The summed E-state index contributed by atoms with van der Waals surface area (Å²) in [5, 5.41) is 0. The number of epoxide rings is 2. The van der Waals surface area contributed by atoms with E-state index in [0.717, 1.165) is 0 Å². The van der Waals surface area contributed by atoms with E-state index in [2.05, 4.69) is 0 Å². The second-order valence-corrected chi connectivity index (χ2v) is 2.64. The molecule has 0 amide bonds. The van der Waals surface area contributed by atoms with Crippen molar-refractivity contribution in [2.45, 2.75) is 31.2 Å². The lowest BCUT2D eigenvalue weighted by Crippen LogP contribution is -2.10. The Hall–Kier alpha value is -0.120. The van der Waals surface area contributed by atoms with Crippen LogP contribution in [0.4, 0.5) is 0 Å². The topological polar surface area (TPSA) is 34.3 Å². The Bertz CT molecular complexity index is 158. The van der Waals surface area contributed by atoms with Gasteiger partial charge in [-0.3, -0.25) is 0 Å². The molecule has 0 bridgehead atoms. The van der Waals surface area contributed by atoms with E-state index in [1.165, 1.54) is 0 Å². The predicted molar refractivity (Wildman–Crippen MR) is 23.0 cm³/mol. The van der Waals surface area contributed by atoms with Gasteiger partial charge in [-0.15, -0.1) is 0 Å². The number of hydrogen-bond donors (Lipinski definition) is 0. The highest BCUT2D eigenvalue weighted by Crippen LogP contribution is 2.56. The van der Waals surface area contributed by atoms with Crippen LogP contribution in [0.25, 0.3) is 0 Å². The lowest BCUT2D eigenvalue weighted by atomic mass is 10.3. The van der Waals surface area contributed by atoms with Crippen LogP contribution < -0.4 is 0 Å². The molecule has 3 rings (SSSR count). The summed E-state index contributed by atoms with van der Waals surface area (Å²) >= 11 is 0. The van der Waals surface area contributed by atoms with Crippen molar-refractivity contribution in [2.75, 3.05) is 0 Å². The summed E-state index contributed by atoms with van der Waals surface area (Å²) in [7, 11) is 0. The van der Waals surface area contributed by atoms with Crippen LogP contribution in [0, 0.1) is 0 Å². The minimum Gasteiger partial charge on any atom is -0.338 e. The fourth-order valence-corrected chi connectivity index (χ4v) is 1.33. The Morgan fingerprint density at radius 2 is 2.25 bits per heavy atom. The molecule has 0 aromatic carbocycles. The molecular formula is C5H6O3. The van der Waals surface area contributed by atoms with Gasteiger partial charge < -0.3 is 14.2 Å². The fourth-order valence-electron chi connectivity index (χ4n) is 1.33. The minimum absolute atomic E-state index is 0.0822. The van der Waals surface area contributed by atoms with Crippen LogP contribution in [0.1, 0.15) is 6.92 Å². The zero-order chi connectivity index (χ0) is 5.35. The maximum atomic E-state index is 5.25. The van der Waals surface area contributed by atoms with Crippen LogP contribution in [-0.4, -0.2) is 24.3 Å². The zero-order valence-electron chi connectivity index (χ0n) is 4.46. The summed E-state index contributed by atoms with van der Waals surface area (Å²) in [5.41, 5.74) is 0. The third-order valence-corrected chi connectivity index (χ3v) is 1.95. The largest absolute Gasteiger partial charge is 0.338 e. The van der Waals surface area contributed by atoms with Gasteiger partial charge >= 0.3 is 0 Å². The van der Waals surface area contributed by atoms with Crippen LogP contribution in [0.15, 0.2) is 0 Å². The molecule has 4 unspecified atom stereocenters. The summed E-state index contributed by atoms with van der Waals surface area (Å²) in [6, 6.07) is 0. The highest BCUT2D eigenvalue weighted by atomic mass is 16.9. The molecule has 0 aliphatic carbocycles. The van der Waals surface area contributed by atoms with Crippen molar-refractivity contribution in [1.82, 2.24) is 0 Å². The quantitative estimate of drug-likeness (QED) is 0.411. The van der Waals surface area contributed by atoms with Gasteiger partial charge in [0.05, 0.1) is 0 Å². The van der Waals surface area contributed by atoms with E-state index in [1.807, 2.05) is 6.92 Å². The van der Waals surface area contributed by atoms with E-state index < -0.39 is 0 Å². The molecule has 3 nitrogen and oxygen atoms in total. The van der Waals surface area contributed by atoms with Crippen molar-refractivity contribution in [2.24, 2.45) is 0 Å². The predicted octanol–water partition coefficient (Wildman–Crippen LogP) is -0.144. The van der Waals surface area contributed by atoms with Gasteiger partial charge in [0.1, 0.15) is 12.2 Å². The molecule has 0 N–H and O–H groups in total. The van der Waals surface area contributed by atoms with Gasteiger partial charge in [0.25, 0.3) is 0 Å². The molecule has 3 saturated heterocycles.